The van der Waals surface area contributed by atoms with Crippen LogP contribution in [0.15, 0.2) is 199 Å². The van der Waals surface area contributed by atoms with Gasteiger partial charge in [0.15, 0.2) is 17.5 Å². The molecule has 0 unspecified atom stereocenters. The molecule has 0 fully saturated rings. The average molecular weight is 765 g/mol. The van der Waals surface area contributed by atoms with Gasteiger partial charge in [0, 0.05) is 38.2 Å². The Balaban J connectivity index is 1.14. The number of para-hydroxylation sites is 1. The van der Waals surface area contributed by atoms with Crippen LogP contribution in [0.1, 0.15) is 0 Å². The summed E-state index contributed by atoms with van der Waals surface area (Å²) in [6.45, 7) is 0. The third-order valence-corrected chi connectivity index (χ3v) is 12.1. The number of fused-ring (bicyclic) bond motifs is 11. The Morgan fingerprint density at radius 3 is 1.52 bits per heavy atom. The summed E-state index contributed by atoms with van der Waals surface area (Å²) in [7, 11) is 0. The molecule has 0 amide bonds. The highest BCUT2D eigenvalue weighted by Gasteiger charge is 2.23. The van der Waals surface area contributed by atoms with Crippen LogP contribution in [0.25, 0.3) is 127 Å². The van der Waals surface area contributed by atoms with Crippen LogP contribution in [0.5, 0.6) is 0 Å². The van der Waals surface area contributed by atoms with Crippen molar-refractivity contribution in [1.82, 2.24) is 19.5 Å². The fourth-order valence-corrected chi connectivity index (χ4v) is 9.25. The maximum absolute atomic E-state index is 7.00. The number of rotatable bonds is 4. The highest BCUT2D eigenvalue weighted by molar-refractivity contribution is 6.20. The summed E-state index contributed by atoms with van der Waals surface area (Å²) in [5, 5.41) is 13.6. The van der Waals surface area contributed by atoms with Gasteiger partial charge in [0.1, 0.15) is 11.2 Å². The van der Waals surface area contributed by atoms with E-state index < -0.39 is 0 Å². The highest BCUT2D eigenvalue weighted by Crippen LogP contribution is 2.43. The van der Waals surface area contributed by atoms with Gasteiger partial charge in [0.05, 0.1) is 22.1 Å². The summed E-state index contributed by atoms with van der Waals surface area (Å²) in [6, 6.07) is 68.7. The van der Waals surface area contributed by atoms with Crippen molar-refractivity contribution in [2.75, 3.05) is 0 Å². The second-order valence-corrected chi connectivity index (χ2v) is 15.6. The van der Waals surface area contributed by atoms with Gasteiger partial charge in [-0.05, 0) is 86.2 Å². The Hall–Kier alpha value is -8.15. The molecule has 0 aliphatic heterocycles. The van der Waals surface area contributed by atoms with E-state index in [-0.39, 0.29) is 0 Å². The first-order chi connectivity index (χ1) is 29.7. The molecule has 0 bridgehead atoms. The fourth-order valence-electron chi connectivity index (χ4n) is 9.25. The zero-order chi connectivity index (χ0) is 39.3. The van der Waals surface area contributed by atoms with Crippen molar-refractivity contribution in [1.29, 1.82) is 0 Å². The van der Waals surface area contributed by atoms with Crippen LogP contribution in [0.3, 0.4) is 0 Å². The zero-order valence-corrected chi connectivity index (χ0v) is 32.2. The van der Waals surface area contributed by atoms with Gasteiger partial charge in [-0.2, -0.15) is 0 Å². The highest BCUT2D eigenvalue weighted by atomic mass is 16.3. The second kappa shape index (κ2) is 12.7. The molecule has 278 valence electrons. The van der Waals surface area contributed by atoms with E-state index in [0.717, 1.165) is 87.7 Å². The molecular formula is C55H32N4O. The summed E-state index contributed by atoms with van der Waals surface area (Å²) >= 11 is 0. The van der Waals surface area contributed by atoms with E-state index in [1.165, 1.54) is 21.5 Å². The molecule has 0 saturated heterocycles. The smallest absolute Gasteiger partial charge is 0.164 e. The van der Waals surface area contributed by atoms with E-state index in [1.54, 1.807) is 0 Å². The van der Waals surface area contributed by atoms with Crippen molar-refractivity contribution in [3.05, 3.63) is 194 Å². The molecule has 3 heterocycles. The van der Waals surface area contributed by atoms with Crippen molar-refractivity contribution in [3.63, 3.8) is 0 Å². The molecule has 0 saturated carbocycles. The minimum Gasteiger partial charge on any atom is -0.455 e. The Bertz CT molecular complexity index is 3820. The van der Waals surface area contributed by atoms with Crippen LogP contribution in [0, 0.1) is 0 Å². The minimum absolute atomic E-state index is 0.566. The number of aromatic nitrogens is 4. The topological polar surface area (TPSA) is 56.7 Å². The molecule has 5 nitrogen and oxygen atoms in total. The molecule has 0 aliphatic rings. The number of furan rings is 1. The van der Waals surface area contributed by atoms with Crippen LogP contribution in [0.2, 0.25) is 0 Å². The Morgan fingerprint density at radius 1 is 0.333 bits per heavy atom. The lowest BCUT2D eigenvalue weighted by Crippen LogP contribution is -2.01. The lowest BCUT2D eigenvalue weighted by atomic mass is 10.0. The molecule has 60 heavy (non-hydrogen) atoms. The van der Waals surface area contributed by atoms with Gasteiger partial charge < -0.3 is 8.98 Å². The molecule has 0 N–H and O–H groups in total. The van der Waals surface area contributed by atoms with Gasteiger partial charge >= 0.3 is 0 Å². The lowest BCUT2D eigenvalue weighted by molar-refractivity contribution is 0.672. The molecule has 13 rings (SSSR count). The monoisotopic (exact) mass is 764 g/mol. The lowest BCUT2D eigenvalue weighted by Gasteiger charge is -2.14. The summed E-state index contributed by atoms with van der Waals surface area (Å²) in [5.74, 6) is 1.78. The first kappa shape index (κ1) is 32.9. The normalized spacial score (nSPS) is 12.0. The van der Waals surface area contributed by atoms with Gasteiger partial charge in [-0.3, -0.25) is 0 Å². The molecule has 0 atom stereocenters. The molecule has 10 aromatic carbocycles. The maximum atomic E-state index is 7.00. The van der Waals surface area contributed by atoms with Crippen LogP contribution in [-0.2, 0) is 0 Å². The quantitative estimate of drug-likeness (QED) is 0.179. The molecule has 13 aromatic rings. The Kier molecular flexibility index (Phi) is 6.95. The van der Waals surface area contributed by atoms with Gasteiger partial charge in [0.25, 0.3) is 0 Å². The van der Waals surface area contributed by atoms with Crippen molar-refractivity contribution in [2.24, 2.45) is 0 Å². The van der Waals surface area contributed by atoms with Gasteiger partial charge in [-0.1, -0.05) is 146 Å². The number of hydrogen-bond donors (Lipinski definition) is 0. The first-order valence-corrected chi connectivity index (χ1v) is 20.3. The van der Waals surface area contributed by atoms with E-state index in [0.29, 0.717) is 17.5 Å². The molecule has 5 heteroatoms. The Labute approximate surface area is 343 Å². The predicted octanol–water partition coefficient (Wildman–Crippen LogP) is 14.5. The largest absolute Gasteiger partial charge is 0.455 e. The van der Waals surface area contributed by atoms with E-state index in [2.05, 4.69) is 199 Å². The van der Waals surface area contributed by atoms with E-state index in [4.69, 9.17) is 19.4 Å². The third kappa shape index (κ3) is 5.03. The first-order valence-electron chi connectivity index (χ1n) is 20.3. The molecular weight excluding hydrogens is 733 g/mol. The van der Waals surface area contributed by atoms with Crippen molar-refractivity contribution in [3.8, 4) is 39.9 Å². The summed E-state index contributed by atoms with van der Waals surface area (Å²) < 4.78 is 9.41. The summed E-state index contributed by atoms with van der Waals surface area (Å²) in [4.78, 5) is 15.8. The molecule has 0 aliphatic carbocycles. The van der Waals surface area contributed by atoms with E-state index >= 15 is 0 Å². The van der Waals surface area contributed by atoms with Gasteiger partial charge in [-0.25, -0.2) is 15.0 Å². The van der Waals surface area contributed by atoms with Crippen LogP contribution < -0.4 is 0 Å². The number of nitrogens with zero attached hydrogens (tertiary/aromatic N) is 4. The van der Waals surface area contributed by atoms with E-state index in [9.17, 15) is 0 Å². The SMILES string of the molecule is c1ccc2cc(-c3nc(-c4ccc5ccccc5c4)nc(-c4cc(-n5c6ccccc6c6cc7ccccc7cc65)c5c(c4)oc4c6ccccc6ccc45)n3)ccc2c1. The van der Waals surface area contributed by atoms with Crippen molar-refractivity contribution >= 4 is 86.8 Å². The van der Waals surface area contributed by atoms with Crippen molar-refractivity contribution in [2.45, 2.75) is 0 Å². The molecule has 0 radical (unpaired) electrons. The van der Waals surface area contributed by atoms with Crippen LogP contribution in [0.4, 0.5) is 0 Å². The second-order valence-electron chi connectivity index (χ2n) is 15.6. The number of hydrogen-bond acceptors (Lipinski definition) is 4. The summed E-state index contributed by atoms with van der Waals surface area (Å²) in [6.07, 6.45) is 0. The molecule has 0 spiro atoms. The number of benzene rings is 10. The maximum Gasteiger partial charge on any atom is 0.164 e. The Morgan fingerprint density at radius 2 is 0.850 bits per heavy atom. The zero-order valence-electron chi connectivity index (χ0n) is 32.2. The summed E-state index contributed by atoms with van der Waals surface area (Å²) in [5.41, 5.74) is 7.53. The average Bonchev–Trinajstić information content (AvgIpc) is 3.85. The van der Waals surface area contributed by atoms with Crippen LogP contribution in [-0.4, -0.2) is 19.5 Å². The fraction of sp³-hybridized carbons (Fsp3) is 0. The van der Waals surface area contributed by atoms with Crippen molar-refractivity contribution < 1.29 is 4.42 Å². The minimum atomic E-state index is 0.566. The van der Waals surface area contributed by atoms with Crippen LogP contribution >= 0.6 is 0 Å². The predicted molar refractivity (Wildman–Crippen MR) is 248 cm³/mol. The van der Waals surface area contributed by atoms with E-state index in [1.807, 2.05) is 0 Å². The van der Waals surface area contributed by atoms with Gasteiger partial charge in [-0.15, -0.1) is 0 Å². The van der Waals surface area contributed by atoms with Gasteiger partial charge in [0.2, 0.25) is 0 Å². The molecule has 3 aromatic heterocycles. The third-order valence-electron chi connectivity index (χ3n) is 12.1. The standard InChI is InChI=1S/C55H32N4O/c1-3-14-36-27-40(23-21-33(36)11-1)53-56-54(41-24-22-34-12-2-4-15-37(34)28-41)58-55(57-53)42-31-49(51-45-26-25-35-13-7-8-18-43(35)52(45)60-50(51)32-42)59-47-20-10-9-19-44(47)46-29-38-16-5-6-17-39(38)30-48(46)59/h1-32H.